The number of carbonyl (C=O) groups is 1. The van der Waals surface area contributed by atoms with E-state index in [9.17, 15) is 4.79 Å². The fourth-order valence-electron chi connectivity index (χ4n) is 2.59. The molecule has 0 aliphatic heterocycles. The van der Waals surface area contributed by atoms with Crippen molar-refractivity contribution < 1.29 is 9.90 Å². The Morgan fingerprint density at radius 1 is 1.14 bits per heavy atom. The molecular formula is C18H24N2O2. The molecule has 0 saturated heterocycles. The van der Waals surface area contributed by atoms with Crippen LogP contribution in [0.3, 0.4) is 0 Å². The van der Waals surface area contributed by atoms with Crippen LogP contribution in [0.5, 0.6) is 0 Å². The van der Waals surface area contributed by atoms with Crippen molar-refractivity contribution >= 4 is 5.97 Å². The largest absolute Gasteiger partial charge is 0.481 e. The van der Waals surface area contributed by atoms with Gasteiger partial charge in [-0.3, -0.25) is 9.89 Å². The topological polar surface area (TPSA) is 66.0 Å². The normalized spacial score (nSPS) is 10.8. The summed E-state index contributed by atoms with van der Waals surface area (Å²) in [7, 11) is 0. The van der Waals surface area contributed by atoms with Gasteiger partial charge in [0.2, 0.25) is 0 Å². The highest BCUT2D eigenvalue weighted by molar-refractivity contribution is 5.68. The SMILES string of the molecule is CCCCCCc1ccc(-c2[nH]ncc2CCC(=O)O)cc1. The van der Waals surface area contributed by atoms with Crippen molar-refractivity contribution in [3.63, 3.8) is 0 Å². The maximum atomic E-state index is 10.7. The molecule has 22 heavy (non-hydrogen) atoms. The fraction of sp³-hybridized carbons (Fsp3) is 0.444. The average Bonchev–Trinajstić information content (AvgIpc) is 2.99. The average molecular weight is 300 g/mol. The molecule has 0 spiro atoms. The number of H-pyrrole nitrogens is 1. The third kappa shape index (κ3) is 4.72. The number of aryl methyl sites for hydroxylation is 2. The first-order valence-corrected chi connectivity index (χ1v) is 8.04. The number of aliphatic carboxylic acids is 1. The first kappa shape index (κ1) is 16.3. The Morgan fingerprint density at radius 2 is 1.91 bits per heavy atom. The van der Waals surface area contributed by atoms with Crippen molar-refractivity contribution in [1.82, 2.24) is 10.2 Å². The van der Waals surface area contributed by atoms with Crippen LogP contribution in [-0.2, 0) is 17.6 Å². The third-order valence-corrected chi connectivity index (χ3v) is 3.89. The van der Waals surface area contributed by atoms with E-state index < -0.39 is 5.97 Å². The molecule has 0 aliphatic rings. The van der Waals surface area contributed by atoms with Gasteiger partial charge in [-0.05, 0) is 36.0 Å². The number of nitrogens with one attached hydrogen (secondary N) is 1. The predicted octanol–water partition coefficient (Wildman–Crippen LogP) is 4.22. The molecular weight excluding hydrogens is 276 g/mol. The van der Waals surface area contributed by atoms with Crippen LogP contribution in [0.25, 0.3) is 11.3 Å². The summed E-state index contributed by atoms with van der Waals surface area (Å²) in [6, 6.07) is 8.49. The first-order chi connectivity index (χ1) is 10.7. The van der Waals surface area contributed by atoms with Gasteiger partial charge in [0.05, 0.1) is 11.9 Å². The second-order valence-corrected chi connectivity index (χ2v) is 5.67. The molecule has 4 heteroatoms. The standard InChI is InChI=1S/C18H24N2O2/c1-2-3-4-5-6-14-7-9-15(10-8-14)18-16(13-19-20-18)11-12-17(21)22/h7-10,13H,2-6,11-12H2,1H3,(H,19,20)(H,21,22). The lowest BCUT2D eigenvalue weighted by Crippen LogP contribution is -1.97. The van der Waals surface area contributed by atoms with Gasteiger partial charge in [-0.2, -0.15) is 5.10 Å². The second kappa shape index (κ2) is 8.37. The molecule has 0 atom stereocenters. The van der Waals surface area contributed by atoms with Crippen molar-refractivity contribution in [2.45, 2.75) is 51.9 Å². The van der Waals surface area contributed by atoms with E-state index in [2.05, 4.69) is 41.4 Å². The van der Waals surface area contributed by atoms with Gasteiger partial charge in [0.1, 0.15) is 0 Å². The van der Waals surface area contributed by atoms with Gasteiger partial charge in [-0.25, -0.2) is 0 Å². The number of aromatic nitrogens is 2. The molecule has 4 nitrogen and oxygen atoms in total. The quantitative estimate of drug-likeness (QED) is 0.681. The van der Waals surface area contributed by atoms with E-state index in [0.29, 0.717) is 6.42 Å². The van der Waals surface area contributed by atoms with Gasteiger partial charge >= 0.3 is 5.97 Å². The summed E-state index contributed by atoms with van der Waals surface area (Å²) < 4.78 is 0. The van der Waals surface area contributed by atoms with Crippen molar-refractivity contribution in [3.05, 3.63) is 41.6 Å². The molecule has 0 aliphatic carbocycles. The molecule has 0 amide bonds. The zero-order valence-electron chi connectivity index (χ0n) is 13.1. The predicted molar refractivity (Wildman–Crippen MR) is 87.8 cm³/mol. The molecule has 0 fully saturated rings. The van der Waals surface area contributed by atoms with Gasteiger partial charge in [0.25, 0.3) is 0 Å². The van der Waals surface area contributed by atoms with Crippen LogP contribution in [0, 0.1) is 0 Å². The molecule has 0 saturated carbocycles. The molecule has 2 aromatic rings. The minimum Gasteiger partial charge on any atom is -0.481 e. The van der Waals surface area contributed by atoms with Crippen LogP contribution in [-0.4, -0.2) is 21.3 Å². The molecule has 1 heterocycles. The van der Waals surface area contributed by atoms with Gasteiger partial charge in [-0.1, -0.05) is 50.5 Å². The molecule has 118 valence electrons. The third-order valence-electron chi connectivity index (χ3n) is 3.89. The molecule has 0 radical (unpaired) electrons. The maximum Gasteiger partial charge on any atom is 0.303 e. The van der Waals surface area contributed by atoms with Gasteiger partial charge < -0.3 is 5.11 Å². The summed E-state index contributed by atoms with van der Waals surface area (Å²) >= 11 is 0. The summed E-state index contributed by atoms with van der Waals surface area (Å²) in [6.07, 6.45) is 8.56. The van der Waals surface area contributed by atoms with Crippen molar-refractivity contribution in [2.24, 2.45) is 0 Å². The monoisotopic (exact) mass is 300 g/mol. The van der Waals surface area contributed by atoms with Crippen LogP contribution in [0.2, 0.25) is 0 Å². The zero-order valence-corrected chi connectivity index (χ0v) is 13.1. The Morgan fingerprint density at radius 3 is 2.59 bits per heavy atom. The van der Waals surface area contributed by atoms with E-state index in [1.807, 2.05) is 0 Å². The number of unbranched alkanes of at least 4 members (excludes halogenated alkanes) is 3. The highest BCUT2D eigenvalue weighted by Gasteiger charge is 2.09. The number of carboxylic acid groups (broad SMARTS) is 1. The first-order valence-electron chi connectivity index (χ1n) is 8.04. The molecule has 1 aromatic carbocycles. The van der Waals surface area contributed by atoms with E-state index in [4.69, 9.17) is 5.11 Å². The minimum absolute atomic E-state index is 0.127. The lowest BCUT2D eigenvalue weighted by Gasteiger charge is -2.05. The van der Waals surface area contributed by atoms with Crippen LogP contribution < -0.4 is 0 Å². The summed E-state index contributed by atoms with van der Waals surface area (Å²) in [5.74, 6) is -0.783. The number of rotatable bonds is 9. The van der Waals surface area contributed by atoms with Crippen LogP contribution in [0.1, 0.15) is 50.2 Å². The molecule has 2 rings (SSSR count). The highest BCUT2D eigenvalue weighted by Crippen LogP contribution is 2.23. The minimum atomic E-state index is -0.783. The van der Waals surface area contributed by atoms with Crippen LogP contribution in [0.15, 0.2) is 30.5 Å². The second-order valence-electron chi connectivity index (χ2n) is 5.67. The number of benzene rings is 1. The van der Waals surface area contributed by atoms with Crippen LogP contribution >= 0.6 is 0 Å². The number of aromatic amines is 1. The van der Waals surface area contributed by atoms with Crippen molar-refractivity contribution in [1.29, 1.82) is 0 Å². The Labute approximate surface area is 131 Å². The van der Waals surface area contributed by atoms with E-state index in [1.54, 1.807) is 6.20 Å². The fourth-order valence-corrected chi connectivity index (χ4v) is 2.59. The summed E-state index contributed by atoms with van der Waals surface area (Å²) in [5.41, 5.74) is 4.30. The summed E-state index contributed by atoms with van der Waals surface area (Å²) in [4.78, 5) is 10.7. The molecule has 0 bridgehead atoms. The Hall–Kier alpha value is -2.10. The lowest BCUT2D eigenvalue weighted by molar-refractivity contribution is -0.136. The number of hydrogen-bond acceptors (Lipinski definition) is 2. The van der Waals surface area contributed by atoms with Crippen molar-refractivity contribution in [3.8, 4) is 11.3 Å². The van der Waals surface area contributed by atoms with Gasteiger partial charge in [0, 0.05) is 6.42 Å². The molecule has 1 aromatic heterocycles. The maximum absolute atomic E-state index is 10.7. The number of nitrogens with zero attached hydrogens (tertiary/aromatic N) is 1. The Balaban J connectivity index is 1.98. The number of carboxylic acids is 1. The van der Waals surface area contributed by atoms with E-state index in [-0.39, 0.29) is 6.42 Å². The lowest BCUT2D eigenvalue weighted by atomic mass is 10.0. The van der Waals surface area contributed by atoms with Gasteiger partial charge in [-0.15, -0.1) is 0 Å². The Kier molecular flexibility index (Phi) is 6.19. The van der Waals surface area contributed by atoms with E-state index in [1.165, 1.54) is 31.2 Å². The summed E-state index contributed by atoms with van der Waals surface area (Å²) in [6.45, 7) is 2.22. The van der Waals surface area contributed by atoms with Crippen LogP contribution in [0.4, 0.5) is 0 Å². The Bertz CT molecular complexity index is 587. The zero-order chi connectivity index (χ0) is 15.8. The summed E-state index contributed by atoms with van der Waals surface area (Å²) in [5, 5.41) is 15.8. The van der Waals surface area contributed by atoms with Crippen molar-refractivity contribution in [2.75, 3.05) is 0 Å². The van der Waals surface area contributed by atoms with Gasteiger partial charge in [0.15, 0.2) is 0 Å². The highest BCUT2D eigenvalue weighted by atomic mass is 16.4. The number of hydrogen-bond donors (Lipinski definition) is 2. The molecule has 0 unspecified atom stereocenters. The molecule has 2 N–H and O–H groups in total. The van der Waals surface area contributed by atoms with E-state index in [0.717, 1.165) is 23.2 Å². The smallest absolute Gasteiger partial charge is 0.303 e. The van der Waals surface area contributed by atoms with E-state index >= 15 is 0 Å².